The number of sulfonamides is 1. The van der Waals surface area contributed by atoms with Crippen LogP contribution in [0.3, 0.4) is 0 Å². The Bertz CT molecular complexity index is 1220. The number of anilines is 2. The topological polar surface area (TPSA) is 124 Å². The van der Waals surface area contributed by atoms with Gasteiger partial charge in [0.2, 0.25) is 5.76 Å². The Balaban J connectivity index is 1.48. The first-order valence-electron chi connectivity index (χ1n) is 9.76. The largest absolute Gasteiger partial charge is 0.494 e. The molecular formula is C21H20N4O6S. The van der Waals surface area contributed by atoms with E-state index in [0.717, 1.165) is 0 Å². The van der Waals surface area contributed by atoms with Gasteiger partial charge in [-0.05, 0) is 43.3 Å². The van der Waals surface area contributed by atoms with Crippen molar-refractivity contribution in [1.82, 2.24) is 10.2 Å². The molecule has 11 heteroatoms. The van der Waals surface area contributed by atoms with Crippen molar-refractivity contribution >= 4 is 33.4 Å². The maximum atomic E-state index is 13.1. The predicted molar refractivity (Wildman–Crippen MR) is 115 cm³/mol. The molecule has 166 valence electrons. The van der Waals surface area contributed by atoms with E-state index < -0.39 is 15.9 Å². The zero-order valence-corrected chi connectivity index (χ0v) is 17.9. The molecule has 0 spiro atoms. The number of hydrogen-bond donors (Lipinski definition) is 1. The van der Waals surface area contributed by atoms with E-state index in [4.69, 9.17) is 13.9 Å². The zero-order valence-electron chi connectivity index (χ0n) is 17.1. The summed E-state index contributed by atoms with van der Waals surface area (Å²) in [5.74, 6) is -0.186. The first kappa shape index (κ1) is 21.4. The molecule has 0 fully saturated rings. The number of aromatic nitrogens is 2. The number of ether oxygens (including phenoxy) is 2. The molecule has 0 atom stereocenters. The summed E-state index contributed by atoms with van der Waals surface area (Å²) in [4.78, 5) is 12.6. The van der Waals surface area contributed by atoms with E-state index in [0.29, 0.717) is 18.9 Å². The number of para-hydroxylation sites is 1. The number of carbonyl (C=O) groups excluding carboxylic acids is 1. The summed E-state index contributed by atoms with van der Waals surface area (Å²) in [5.41, 5.74) is 0.786. The molecule has 0 bridgehead atoms. The number of benzene rings is 2. The van der Waals surface area contributed by atoms with Crippen molar-refractivity contribution in [1.29, 1.82) is 0 Å². The van der Waals surface area contributed by atoms with Crippen molar-refractivity contribution < 1.29 is 27.1 Å². The molecule has 3 aromatic rings. The van der Waals surface area contributed by atoms with Gasteiger partial charge in [0.1, 0.15) is 19.5 Å². The minimum absolute atomic E-state index is 0.0706. The van der Waals surface area contributed by atoms with Gasteiger partial charge in [0.15, 0.2) is 0 Å². The molecule has 0 saturated carbocycles. The zero-order chi connectivity index (χ0) is 22.6. The predicted octanol–water partition coefficient (Wildman–Crippen LogP) is 2.88. The van der Waals surface area contributed by atoms with Gasteiger partial charge in [-0.3, -0.25) is 14.4 Å². The average molecular weight is 456 g/mol. The van der Waals surface area contributed by atoms with Crippen LogP contribution in [-0.2, 0) is 19.5 Å². The third-order valence-electron chi connectivity index (χ3n) is 4.54. The maximum absolute atomic E-state index is 13.1. The number of hydrogen-bond acceptors (Lipinski definition) is 8. The fraction of sp³-hybridized carbons (Fsp3) is 0.190. The Labute approximate surface area is 184 Å². The molecule has 2 aromatic carbocycles. The molecule has 1 N–H and O–H groups in total. The van der Waals surface area contributed by atoms with Gasteiger partial charge in [0.25, 0.3) is 21.8 Å². The fourth-order valence-electron chi connectivity index (χ4n) is 3.01. The van der Waals surface area contributed by atoms with Gasteiger partial charge in [-0.2, -0.15) is 0 Å². The fourth-order valence-corrected chi connectivity index (χ4v) is 4.49. The third kappa shape index (κ3) is 4.42. The molecule has 1 aliphatic rings. The Kier molecular flexibility index (Phi) is 6.08. The molecule has 0 unspecified atom stereocenters. The van der Waals surface area contributed by atoms with Gasteiger partial charge in [0.05, 0.1) is 10.6 Å². The molecule has 1 aliphatic heterocycles. The maximum Gasteiger partial charge on any atom is 0.322 e. The van der Waals surface area contributed by atoms with Gasteiger partial charge in [-0.15, -0.1) is 5.10 Å². The first-order chi connectivity index (χ1) is 15.5. The van der Waals surface area contributed by atoms with Crippen molar-refractivity contribution in [3.63, 3.8) is 0 Å². The van der Waals surface area contributed by atoms with Crippen LogP contribution in [0.2, 0.25) is 0 Å². The van der Waals surface area contributed by atoms with Crippen LogP contribution in [0.5, 0.6) is 0 Å². The number of nitrogens with zero attached hydrogens (tertiary/aromatic N) is 3. The number of amides is 1. The van der Waals surface area contributed by atoms with E-state index in [9.17, 15) is 13.2 Å². The van der Waals surface area contributed by atoms with Crippen LogP contribution in [0.1, 0.15) is 23.2 Å². The molecule has 1 amide bonds. The molecule has 32 heavy (non-hydrogen) atoms. The van der Waals surface area contributed by atoms with E-state index >= 15 is 0 Å². The van der Waals surface area contributed by atoms with Gasteiger partial charge in [-0.25, -0.2) is 8.42 Å². The molecule has 0 aliphatic carbocycles. The Morgan fingerprint density at radius 3 is 2.47 bits per heavy atom. The summed E-state index contributed by atoms with van der Waals surface area (Å²) in [6.45, 7) is 2.80. The van der Waals surface area contributed by atoms with Crippen LogP contribution >= 0.6 is 0 Å². The standard InChI is InChI=1S/C21H20N4O6S/c1-2-25(16-6-4-3-5-7-16)32(27,28)17-10-8-15(9-11-17)19(26)22-21-24-23-20(31-21)18-14-29-12-13-30-18/h3-11,14H,2,12-13H2,1H3,(H,22,24,26). The smallest absolute Gasteiger partial charge is 0.322 e. The summed E-state index contributed by atoms with van der Waals surface area (Å²) in [7, 11) is -3.79. The quantitative estimate of drug-likeness (QED) is 0.576. The minimum Gasteiger partial charge on any atom is -0.494 e. The number of carbonyl (C=O) groups is 1. The Morgan fingerprint density at radius 2 is 1.81 bits per heavy atom. The van der Waals surface area contributed by atoms with E-state index in [-0.39, 0.29) is 34.7 Å². The summed E-state index contributed by atoms with van der Waals surface area (Å²) in [6.07, 6.45) is 1.36. The molecule has 1 aromatic heterocycles. The Hall–Kier alpha value is -3.86. The van der Waals surface area contributed by atoms with Crippen molar-refractivity contribution in [2.45, 2.75) is 11.8 Å². The molecule has 4 rings (SSSR count). The lowest BCUT2D eigenvalue weighted by molar-refractivity contribution is 0.102. The highest BCUT2D eigenvalue weighted by molar-refractivity contribution is 7.92. The van der Waals surface area contributed by atoms with Crippen molar-refractivity contribution in [3.8, 4) is 0 Å². The van der Waals surface area contributed by atoms with Crippen LogP contribution in [0.25, 0.3) is 5.76 Å². The molecule has 0 radical (unpaired) electrons. The normalized spacial score (nSPS) is 13.5. The SMILES string of the molecule is CCN(c1ccccc1)S(=O)(=O)c1ccc(C(=O)Nc2nnc(C3=COCCO3)o2)cc1. The van der Waals surface area contributed by atoms with Gasteiger partial charge < -0.3 is 13.9 Å². The number of nitrogens with one attached hydrogen (secondary N) is 1. The van der Waals surface area contributed by atoms with Gasteiger partial charge in [0, 0.05) is 12.1 Å². The highest BCUT2D eigenvalue weighted by atomic mass is 32.2. The van der Waals surface area contributed by atoms with E-state index in [2.05, 4.69) is 15.5 Å². The second-order valence-corrected chi connectivity index (χ2v) is 8.46. The van der Waals surface area contributed by atoms with Gasteiger partial charge >= 0.3 is 6.01 Å². The molecule has 10 nitrogen and oxygen atoms in total. The lowest BCUT2D eigenvalue weighted by Gasteiger charge is -2.22. The highest BCUT2D eigenvalue weighted by Gasteiger charge is 2.24. The van der Waals surface area contributed by atoms with Gasteiger partial charge in [-0.1, -0.05) is 23.3 Å². The number of rotatable bonds is 7. The summed E-state index contributed by atoms with van der Waals surface area (Å²) >= 11 is 0. The van der Waals surface area contributed by atoms with E-state index in [1.165, 1.54) is 34.8 Å². The van der Waals surface area contributed by atoms with Crippen LogP contribution in [0, 0.1) is 0 Å². The summed E-state index contributed by atoms with van der Waals surface area (Å²) < 4.78 is 43.2. The summed E-state index contributed by atoms with van der Waals surface area (Å²) in [6, 6.07) is 14.3. The monoisotopic (exact) mass is 456 g/mol. The minimum atomic E-state index is -3.79. The lowest BCUT2D eigenvalue weighted by Crippen LogP contribution is -2.30. The van der Waals surface area contributed by atoms with Crippen molar-refractivity contribution in [2.24, 2.45) is 0 Å². The summed E-state index contributed by atoms with van der Waals surface area (Å²) in [5, 5.41) is 10.0. The van der Waals surface area contributed by atoms with Crippen LogP contribution in [-0.4, -0.2) is 44.3 Å². The van der Waals surface area contributed by atoms with E-state index in [1.54, 1.807) is 31.2 Å². The second-order valence-electron chi connectivity index (χ2n) is 6.60. The molecule has 0 saturated heterocycles. The van der Waals surface area contributed by atoms with Crippen LogP contribution in [0.4, 0.5) is 11.7 Å². The average Bonchev–Trinajstić information content (AvgIpc) is 3.29. The lowest BCUT2D eigenvalue weighted by atomic mass is 10.2. The Morgan fingerprint density at radius 1 is 1.06 bits per heavy atom. The van der Waals surface area contributed by atoms with Crippen molar-refractivity contribution in [2.75, 3.05) is 29.4 Å². The van der Waals surface area contributed by atoms with Crippen LogP contribution < -0.4 is 9.62 Å². The molecular weight excluding hydrogens is 436 g/mol. The second kappa shape index (κ2) is 9.10. The van der Waals surface area contributed by atoms with E-state index in [1.807, 2.05) is 6.07 Å². The first-order valence-corrected chi connectivity index (χ1v) is 11.2. The van der Waals surface area contributed by atoms with Crippen LogP contribution in [0.15, 0.2) is 70.2 Å². The highest BCUT2D eigenvalue weighted by Crippen LogP contribution is 2.24. The van der Waals surface area contributed by atoms with Crippen molar-refractivity contribution in [3.05, 3.63) is 72.3 Å². The molecule has 2 heterocycles. The third-order valence-corrected chi connectivity index (χ3v) is 6.46.